The van der Waals surface area contributed by atoms with Crippen molar-refractivity contribution in [3.8, 4) is 11.6 Å². The van der Waals surface area contributed by atoms with E-state index in [-0.39, 0.29) is 11.4 Å². The van der Waals surface area contributed by atoms with Crippen molar-refractivity contribution in [1.82, 2.24) is 15.0 Å². The molecule has 0 bridgehead atoms. The van der Waals surface area contributed by atoms with E-state index in [9.17, 15) is 4.79 Å². The first-order valence-electron chi connectivity index (χ1n) is 10.5. The van der Waals surface area contributed by atoms with Crippen LogP contribution in [-0.2, 0) is 9.53 Å². The number of hydrogen-bond donors (Lipinski definition) is 0. The Balaban J connectivity index is 1.77. The maximum absolute atomic E-state index is 13.2. The second kappa shape index (κ2) is 9.77. The number of para-hydroxylation sites is 1. The highest BCUT2D eigenvalue weighted by atomic mass is 16.5. The molecule has 2 unspecified atom stereocenters. The van der Waals surface area contributed by atoms with Crippen molar-refractivity contribution < 1.29 is 14.3 Å². The fourth-order valence-corrected chi connectivity index (χ4v) is 3.33. The lowest BCUT2D eigenvalue weighted by molar-refractivity contribution is -0.153. The Hall–Kier alpha value is -3.48. The quantitative estimate of drug-likeness (QED) is 0.475. The van der Waals surface area contributed by atoms with Gasteiger partial charge in [-0.3, -0.25) is 4.79 Å². The molecule has 2 atom stereocenters. The monoisotopic (exact) mass is 434 g/mol. The highest BCUT2D eigenvalue weighted by molar-refractivity contribution is 5.79. The molecular weight excluding hydrogens is 404 g/mol. The molecule has 168 valence electrons. The predicted octanol–water partition coefficient (Wildman–Crippen LogP) is 5.16. The predicted molar refractivity (Wildman–Crippen MR) is 124 cm³/mol. The molecule has 0 saturated heterocycles. The first-order chi connectivity index (χ1) is 15.1. The topological polar surface area (TPSA) is 77.4 Å². The Labute approximate surface area is 189 Å². The van der Waals surface area contributed by atoms with Crippen molar-refractivity contribution >= 4 is 11.9 Å². The first-order valence-corrected chi connectivity index (χ1v) is 10.5. The van der Waals surface area contributed by atoms with Gasteiger partial charge in [-0.05, 0) is 30.5 Å². The van der Waals surface area contributed by atoms with Gasteiger partial charge in [-0.25, -0.2) is 15.0 Å². The minimum absolute atomic E-state index is 0.345. The van der Waals surface area contributed by atoms with Gasteiger partial charge in [0.2, 0.25) is 11.8 Å². The summed E-state index contributed by atoms with van der Waals surface area (Å²) in [6, 6.07) is 14.8. The van der Waals surface area contributed by atoms with E-state index < -0.39 is 12.0 Å². The molecule has 2 aromatic heterocycles. The maximum Gasteiger partial charge on any atom is 0.314 e. The second-order valence-corrected chi connectivity index (χ2v) is 8.90. The van der Waals surface area contributed by atoms with Crippen LogP contribution in [0.4, 0.5) is 5.95 Å². The molecule has 7 nitrogen and oxygen atoms in total. The summed E-state index contributed by atoms with van der Waals surface area (Å²) in [5, 5.41) is 0. The van der Waals surface area contributed by atoms with Gasteiger partial charge in [0.05, 0.1) is 11.6 Å². The van der Waals surface area contributed by atoms with Crippen LogP contribution in [0.1, 0.15) is 51.0 Å². The third-order valence-electron chi connectivity index (χ3n) is 4.91. The number of carbonyl (C=O) groups is 1. The third-order valence-corrected chi connectivity index (χ3v) is 4.91. The molecule has 3 aromatic rings. The van der Waals surface area contributed by atoms with Gasteiger partial charge in [0.25, 0.3) is 0 Å². The molecule has 1 aromatic carbocycles. The van der Waals surface area contributed by atoms with E-state index in [1.807, 2.05) is 82.2 Å². The molecule has 2 heterocycles. The summed E-state index contributed by atoms with van der Waals surface area (Å²) >= 11 is 0. The Kier molecular flexibility index (Phi) is 7.08. The van der Waals surface area contributed by atoms with Crippen LogP contribution >= 0.6 is 0 Å². The number of nitrogens with zero attached hydrogens (tertiary/aromatic N) is 4. The number of esters is 1. The van der Waals surface area contributed by atoms with Gasteiger partial charge in [-0.2, -0.15) is 0 Å². The van der Waals surface area contributed by atoms with Crippen LogP contribution in [0.5, 0.6) is 11.6 Å². The largest absolute Gasteiger partial charge is 0.456 e. The van der Waals surface area contributed by atoms with E-state index in [0.717, 1.165) is 5.56 Å². The van der Waals surface area contributed by atoms with Crippen molar-refractivity contribution in [3.63, 3.8) is 0 Å². The highest BCUT2D eigenvalue weighted by Crippen LogP contribution is 2.37. The summed E-state index contributed by atoms with van der Waals surface area (Å²) < 4.78 is 11.6. The van der Waals surface area contributed by atoms with Gasteiger partial charge < -0.3 is 14.4 Å². The molecule has 0 amide bonds. The Morgan fingerprint density at radius 3 is 2.22 bits per heavy atom. The smallest absolute Gasteiger partial charge is 0.314 e. The van der Waals surface area contributed by atoms with E-state index in [1.54, 1.807) is 25.4 Å². The molecule has 3 rings (SSSR count). The fraction of sp³-hybridized carbons (Fsp3) is 0.360. The minimum atomic E-state index is -0.548. The van der Waals surface area contributed by atoms with Crippen molar-refractivity contribution in [2.75, 3.05) is 19.0 Å². The zero-order valence-corrected chi connectivity index (χ0v) is 19.4. The molecule has 0 aliphatic carbocycles. The van der Waals surface area contributed by atoms with E-state index in [4.69, 9.17) is 9.47 Å². The molecule has 0 aliphatic heterocycles. The molecule has 0 aliphatic rings. The summed E-state index contributed by atoms with van der Waals surface area (Å²) in [5.41, 5.74) is 0.943. The number of ether oxygens (including phenoxy) is 2. The van der Waals surface area contributed by atoms with E-state index in [0.29, 0.717) is 23.3 Å². The van der Waals surface area contributed by atoms with Crippen molar-refractivity contribution in [2.24, 2.45) is 5.41 Å². The normalized spacial score (nSPS) is 13.2. The van der Waals surface area contributed by atoms with Gasteiger partial charge in [-0.1, -0.05) is 45.0 Å². The van der Waals surface area contributed by atoms with Gasteiger partial charge in [0.15, 0.2) is 0 Å². The van der Waals surface area contributed by atoms with E-state index in [1.165, 1.54) is 0 Å². The Bertz CT molecular complexity index is 1030. The van der Waals surface area contributed by atoms with E-state index in [2.05, 4.69) is 15.0 Å². The first kappa shape index (κ1) is 23.2. The van der Waals surface area contributed by atoms with Crippen molar-refractivity contribution in [2.45, 2.75) is 39.7 Å². The van der Waals surface area contributed by atoms with E-state index >= 15 is 0 Å². The maximum atomic E-state index is 13.2. The molecule has 32 heavy (non-hydrogen) atoms. The fourth-order valence-electron chi connectivity index (χ4n) is 3.33. The standard InChI is InChI=1S/C25H30N4O3/c1-17(20-13-10-14-21(28-20)32-19-11-8-7-9-12-19)31-23(30)22(25(2,3)4)18-15-26-24(27-16-18)29(5)6/h7-17,22H,1-6H3. The lowest BCUT2D eigenvalue weighted by Gasteiger charge is -2.30. The number of benzene rings is 1. The van der Waals surface area contributed by atoms with Gasteiger partial charge in [0, 0.05) is 38.1 Å². The minimum Gasteiger partial charge on any atom is -0.456 e. The zero-order valence-electron chi connectivity index (χ0n) is 19.4. The second-order valence-electron chi connectivity index (χ2n) is 8.90. The number of rotatable bonds is 7. The van der Waals surface area contributed by atoms with Crippen LogP contribution in [-0.4, -0.2) is 35.0 Å². The molecular formula is C25H30N4O3. The summed E-state index contributed by atoms with van der Waals surface area (Å²) in [6.45, 7) is 7.79. The Morgan fingerprint density at radius 1 is 0.969 bits per heavy atom. The number of aromatic nitrogens is 3. The number of hydrogen-bond acceptors (Lipinski definition) is 7. The summed E-state index contributed by atoms with van der Waals surface area (Å²) in [7, 11) is 3.74. The van der Waals surface area contributed by atoms with Crippen LogP contribution in [0.15, 0.2) is 60.9 Å². The average Bonchev–Trinajstić information content (AvgIpc) is 2.74. The van der Waals surface area contributed by atoms with Crippen molar-refractivity contribution in [3.05, 3.63) is 72.2 Å². The molecule has 7 heteroatoms. The van der Waals surface area contributed by atoms with Gasteiger partial charge in [-0.15, -0.1) is 0 Å². The SMILES string of the molecule is CC(OC(=O)C(c1cnc(N(C)C)nc1)C(C)(C)C)c1cccc(Oc2ccccc2)n1. The number of carbonyl (C=O) groups excluding carboxylic acids is 1. The van der Waals surface area contributed by atoms with Crippen molar-refractivity contribution in [1.29, 1.82) is 0 Å². The van der Waals surface area contributed by atoms with Gasteiger partial charge >= 0.3 is 5.97 Å². The molecule has 0 N–H and O–H groups in total. The third kappa shape index (κ3) is 5.81. The summed E-state index contributed by atoms with van der Waals surface area (Å²) in [5.74, 6) is 0.849. The Morgan fingerprint density at radius 2 is 1.62 bits per heavy atom. The summed E-state index contributed by atoms with van der Waals surface area (Å²) in [6.07, 6.45) is 2.83. The number of pyridine rings is 1. The van der Waals surface area contributed by atoms with Crippen LogP contribution in [0.2, 0.25) is 0 Å². The summed E-state index contributed by atoms with van der Waals surface area (Å²) in [4.78, 5) is 28.3. The molecule has 0 saturated carbocycles. The van der Waals surface area contributed by atoms with Crippen LogP contribution < -0.4 is 9.64 Å². The van der Waals surface area contributed by atoms with Crippen LogP contribution in [0.25, 0.3) is 0 Å². The lowest BCUT2D eigenvalue weighted by atomic mass is 9.77. The molecule has 0 spiro atoms. The lowest BCUT2D eigenvalue weighted by Crippen LogP contribution is -2.29. The zero-order chi connectivity index (χ0) is 23.3. The average molecular weight is 435 g/mol. The van der Waals surface area contributed by atoms with Crippen LogP contribution in [0, 0.1) is 5.41 Å². The number of anilines is 1. The highest BCUT2D eigenvalue weighted by Gasteiger charge is 2.36. The molecule has 0 fully saturated rings. The van der Waals surface area contributed by atoms with Gasteiger partial charge in [0.1, 0.15) is 11.9 Å². The molecule has 0 radical (unpaired) electrons. The van der Waals surface area contributed by atoms with Crippen LogP contribution in [0.3, 0.4) is 0 Å².